The molecule has 94 valence electrons. The Morgan fingerprint density at radius 1 is 1.35 bits per heavy atom. The van der Waals surface area contributed by atoms with Gasteiger partial charge in [-0.1, -0.05) is 12.1 Å². The summed E-state index contributed by atoms with van der Waals surface area (Å²) in [5.41, 5.74) is 0.646. The molecular formula is C13H19NO3. The van der Waals surface area contributed by atoms with Crippen LogP contribution in [0.3, 0.4) is 0 Å². The number of aliphatic hydroxyl groups is 1. The molecule has 0 saturated carbocycles. The molecule has 4 heteroatoms. The van der Waals surface area contributed by atoms with Crippen LogP contribution >= 0.6 is 0 Å². The van der Waals surface area contributed by atoms with Crippen molar-refractivity contribution in [1.82, 2.24) is 0 Å². The van der Waals surface area contributed by atoms with Crippen LogP contribution in [0.4, 0.5) is 5.69 Å². The monoisotopic (exact) mass is 237 g/mol. The van der Waals surface area contributed by atoms with Gasteiger partial charge in [-0.05, 0) is 32.9 Å². The number of anilines is 1. The molecule has 0 aliphatic carbocycles. The van der Waals surface area contributed by atoms with Crippen molar-refractivity contribution in [3.63, 3.8) is 0 Å². The second kappa shape index (κ2) is 5.68. The van der Waals surface area contributed by atoms with Crippen molar-refractivity contribution in [1.29, 1.82) is 0 Å². The maximum Gasteiger partial charge on any atom is 0.340 e. The van der Waals surface area contributed by atoms with Gasteiger partial charge < -0.3 is 15.2 Å². The fourth-order valence-corrected chi connectivity index (χ4v) is 1.34. The second-order valence-corrected chi connectivity index (χ2v) is 4.70. The lowest BCUT2D eigenvalue weighted by Crippen LogP contribution is -2.24. The van der Waals surface area contributed by atoms with E-state index in [1.807, 2.05) is 26.8 Å². The Bertz CT molecular complexity index is 382. The number of aliphatic hydroxyl groups excluding tert-OH is 1. The van der Waals surface area contributed by atoms with Crippen molar-refractivity contribution in [2.24, 2.45) is 0 Å². The summed E-state index contributed by atoms with van der Waals surface area (Å²) in [6, 6.07) is 7.10. The van der Waals surface area contributed by atoms with E-state index in [1.54, 1.807) is 18.2 Å². The van der Waals surface area contributed by atoms with Crippen LogP contribution in [0.15, 0.2) is 24.3 Å². The number of benzene rings is 1. The molecular weight excluding hydrogens is 218 g/mol. The molecule has 0 aromatic heterocycles. The first-order valence-electron chi connectivity index (χ1n) is 5.61. The largest absolute Gasteiger partial charge is 0.456 e. The molecule has 0 amide bonds. The molecule has 0 atom stereocenters. The molecule has 4 nitrogen and oxygen atoms in total. The quantitative estimate of drug-likeness (QED) is 0.787. The summed E-state index contributed by atoms with van der Waals surface area (Å²) >= 11 is 0. The molecule has 0 saturated heterocycles. The highest BCUT2D eigenvalue weighted by Gasteiger charge is 2.19. The lowest BCUT2D eigenvalue weighted by molar-refractivity contribution is 0.00706. The zero-order chi connectivity index (χ0) is 12.9. The Labute approximate surface area is 102 Å². The maximum atomic E-state index is 11.9. The predicted molar refractivity (Wildman–Crippen MR) is 67.2 cm³/mol. The Morgan fingerprint density at radius 2 is 2.00 bits per heavy atom. The number of rotatable bonds is 4. The van der Waals surface area contributed by atoms with Crippen LogP contribution < -0.4 is 5.32 Å². The standard InChI is InChI=1S/C13H19NO3/c1-13(2,3)17-12(16)10-6-4-5-7-11(10)14-8-9-15/h4-7,14-15H,8-9H2,1-3H3. The average Bonchev–Trinajstić information content (AvgIpc) is 2.24. The highest BCUT2D eigenvalue weighted by molar-refractivity contribution is 5.95. The Balaban J connectivity index is 2.85. The van der Waals surface area contributed by atoms with Crippen LogP contribution in [0.2, 0.25) is 0 Å². The van der Waals surface area contributed by atoms with Gasteiger partial charge in [-0.15, -0.1) is 0 Å². The minimum Gasteiger partial charge on any atom is -0.456 e. The smallest absolute Gasteiger partial charge is 0.340 e. The fraction of sp³-hybridized carbons (Fsp3) is 0.462. The fourth-order valence-electron chi connectivity index (χ4n) is 1.34. The zero-order valence-electron chi connectivity index (χ0n) is 10.5. The van der Waals surface area contributed by atoms with Gasteiger partial charge in [0, 0.05) is 12.2 Å². The lowest BCUT2D eigenvalue weighted by atomic mass is 10.1. The first kappa shape index (κ1) is 13.5. The predicted octanol–water partition coefficient (Wildman–Crippen LogP) is 2.05. The van der Waals surface area contributed by atoms with Crippen LogP contribution in [-0.4, -0.2) is 29.8 Å². The van der Waals surface area contributed by atoms with Gasteiger partial charge in [0.1, 0.15) is 5.60 Å². The van der Waals surface area contributed by atoms with Crippen LogP contribution in [0.1, 0.15) is 31.1 Å². The van der Waals surface area contributed by atoms with Gasteiger partial charge in [0.25, 0.3) is 0 Å². The van der Waals surface area contributed by atoms with Crippen molar-refractivity contribution in [2.75, 3.05) is 18.5 Å². The lowest BCUT2D eigenvalue weighted by Gasteiger charge is -2.20. The number of para-hydroxylation sites is 1. The number of nitrogens with one attached hydrogen (secondary N) is 1. The third-order valence-electron chi connectivity index (χ3n) is 1.97. The molecule has 0 bridgehead atoms. The van der Waals surface area contributed by atoms with E-state index in [0.717, 1.165) is 0 Å². The minimum absolute atomic E-state index is 0.0165. The summed E-state index contributed by atoms with van der Waals surface area (Å²) in [7, 11) is 0. The first-order chi connectivity index (χ1) is 7.94. The summed E-state index contributed by atoms with van der Waals surface area (Å²) in [6.07, 6.45) is 0. The second-order valence-electron chi connectivity index (χ2n) is 4.70. The highest BCUT2D eigenvalue weighted by Crippen LogP contribution is 2.19. The van der Waals surface area contributed by atoms with Gasteiger partial charge in [-0.3, -0.25) is 0 Å². The Kier molecular flexibility index (Phi) is 4.52. The number of hydrogen-bond donors (Lipinski definition) is 2. The van der Waals surface area contributed by atoms with Crippen LogP contribution in [0, 0.1) is 0 Å². The average molecular weight is 237 g/mol. The Morgan fingerprint density at radius 3 is 2.59 bits per heavy atom. The number of carbonyl (C=O) groups is 1. The normalized spacial score (nSPS) is 11.1. The van der Waals surface area contributed by atoms with Gasteiger partial charge in [-0.2, -0.15) is 0 Å². The van der Waals surface area contributed by atoms with E-state index >= 15 is 0 Å². The molecule has 1 rings (SSSR count). The van der Waals surface area contributed by atoms with Gasteiger partial charge >= 0.3 is 5.97 Å². The van der Waals surface area contributed by atoms with Crippen molar-refractivity contribution in [3.05, 3.63) is 29.8 Å². The van der Waals surface area contributed by atoms with Crippen molar-refractivity contribution in [3.8, 4) is 0 Å². The number of hydrogen-bond acceptors (Lipinski definition) is 4. The topological polar surface area (TPSA) is 58.6 Å². The van der Waals surface area contributed by atoms with Gasteiger partial charge in [0.15, 0.2) is 0 Å². The van der Waals surface area contributed by atoms with Crippen molar-refractivity contribution in [2.45, 2.75) is 26.4 Å². The molecule has 1 aromatic carbocycles. The molecule has 1 aromatic rings. The van der Waals surface area contributed by atoms with Crippen LogP contribution in [0.25, 0.3) is 0 Å². The van der Waals surface area contributed by atoms with Crippen LogP contribution in [0.5, 0.6) is 0 Å². The van der Waals surface area contributed by atoms with Gasteiger partial charge in [0.2, 0.25) is 0 Å². The summed E-state index contributed by atoms with van der Waals surface area (Å²) in [5.74, 6) is -0.362. The molecule has 0 aliphatic rings. The molecule has 2 N–H and O–H groups in total. The molecule has 0 radical (unpaired) electrons. The van der Waals surface area contributed by atoms with E-state index in [4.69, 9.17) is 9.84 Å². The molecule has 0 heterocycles. The van der Waals surface area contributed by atoms with E-state index in [-0.39, 0.29) is 12.6 Å². The number of carbonyl (C=O) groups excluding carboxylic acids is 1. The Hall–Kier alpha value is -1.55. The molecule has 0 spiro atoms. The van der Waals surface area contributed by atoms with E-state index < -0.39 is 5.60 Å². The maximum absolute atomic E-state index is 11.9. The summed E-state index contributed by atoms with van der Waals surface area (Å²) in [5, 5.41) is 11.7. The third kappa shape index (κ3) is 4.44. The minimum atomic E-state index is -0.513. The highest BCUT2D eigenvalue weighted by atomic mass is 16.6. The third-order valence-corrected chi connectivity index (χ3v) is 1.97. The van der Waals surface area contributed by atoms with E-state index in [9.17, 15) is 4.79 Å². The van der Waals surface area contributed by atoms with Crippen LogP contribution in [-0.2, 0) is 4.74 Å². The summed E-state index contributed by atoms with van der Waals surface area (Å²) in [6.45, 7) is 5.90. The first-order valence-corrected chi connectivity index (χ1v) is 5.61. The van der Waals surface area contributed by atoms with Crippen molar-refractivity contribution >= 4 is 11.7 Å². The molecule has 0 fully saturated rings. The summed E-state index contributed by atoms with van der Waals surface area (Å²) < 4.78 is 5.30. The molecule has 0 unspecified atom stereocenters. The molecule has 0 aliphatic heterocycles. The molecule has 17 heavy (non-hydrogen) atoms. The van der Waals surface area contributed by atoms with E-state index in [1.165, 1.54) is 0 Å². The zero-order valence-corrected chi connectivity index (χ0v) is 10.5. The SMILES string of the molecule is CC(C)(C)OC(=O)c1ccccc1NCCO. The number of ether oxygens (including phenoxy) is 1. The van der Waals surface area contributed by atoms with E-state index in [0.29, 0.717) is 17.8 Å². The van der Waals surface area contributed by atoms with Gasteiger partial charge in [-0.25, -0.2) is 4.79 Å². The van der Waals surface area contributed by atoms with Gasteiger partial charge in [0.05, 0.1) is 12.2 Å². The van der Waals surface area contributed by atoms with E-state index in [2.05, 4.69) is 5.32 Å². The van der Waals surface area contributed by atoms with Crippen molar-refractivity contribution < 1.29 is 14.6 Å². The number of esters is 1. The summed E-state index contributed by atoms with van der Waals surface area (Å²) in [4.78, 5) is 11.9.